The van der Waals surface area contributed by atoms with Crippen LogP contribution in [0.25, 0.3) is 22.0 Å². The lowest BCUT2D eigenvalue weighted by molar-refractivity contribution is 1.26. The summed E-state index contributed by atoms with van der Waals surface area (Å²) in [7, 11) is 0. The minimum Gasteiger partial charge on any atom is -0.308 e. The topological polar surface area (TPSA) is 16.1 Å². The van der Waals surface area contributed by atoms with Crippen molar-refractivity contribution in [3.05, 3.63) is 83.5 Å². The second kappa shape index (κ2) is 5.18. The summed E-state index contributed by atoms with van der Waals surface area (Å²) in [4.78, 5) is 6.89. The summed E-state index contributed by atoms with van der Waals surface area (Å²) in [5.41, 5.74) is 6.99. The molecule has 3 heteroatoms. The van der Waals surface area contributed by atoms with Crippen LogP contribution in [0.5, 0.6) is 0 Å². The van der Waals surface area contributed by atoms with Crippen molar-refractivity contribution in [2.75, 3.05) is 4.90 Å². The van der Waals surface area contributed by atoms with E-state index in [9.17, 15) is 0 Å². The normalized spacial score (nSPS) is 12.3. The van der Waals surface area contributed by atoms with Gasteiger partial charge in [0.05, 0.1) is 22.6 Å². The molecule has 0 N–H and O–H groups in total. The van der Waals surface area contributed by atoms with Gasteiger partial charge in [-0.05, 0) is 57.9 Å². The van der Waals surface area contributed by atoms with Gasteiger partial charge in [0, 0.05) is 21.6 Å². The molecule has 0 bridgehead atoms. The quantitative estimate of drug-likeness (QED) is 0.336. The first-order valence-electron chi connectivity index (χ1n) is 7.86. The summed E-state index contributed by atoms with van der Waals surface area (Å²) in [5.74, 6) is 0. The number of hydrogen-bond donors (Lipinski definition) is 0. The molecule has 114 valence electrons. The van der Waals surface area contributed by atoms with Crippen LogP contribution in [0.1, 0.15) is 0 Å². The SMILES string of the molecule is Brc1ccccc1N1c2ccccc2-c2ccnc3cccc1c23. The van der Waals surface area contributed by atoms with Crippen molar-refractivity contribution in [1.82, 2.24) is 4.98 Å². The van der Waals surface area contributed by atoms with Gasteiger partial charge in [-0.2, -0.15) is 0 Å². The van der Waals surface area contributed by atoms with E-state index in [4.69, 9.17) is 0 Å². The number of anilines is 3. The van der Waals surface area contributed by atoms with Gasteiger partial charge in [0.25, 0.3) is 0 Å². The van der Waals surface area contributed by atoms with Gasteiger partial charge < -0.3 is 4.90 Å². The molecule has 0 radical (unpaired) electrons. The Labute approximate surface area is 148 Å². The first-order chi connectivity index (χ1) is 11.8. The fourth-order valence-corrected chi connectivity index (χ4v) is 3.98. The van der Waals surface area contributed by atoms with Crippen LogP contribution in [-0.2, 0) is 0 Å². The van der Waals surface area contributed by atoms with E-state index in [-0.39, 0.29) is 0 Å². The lowest BCUT2D eigenvalue weighted by atomic mass is 9.93. The minimum absolute atomic E-state index is 1.02. The van der Waals surface area contributed by atoms with E-state index >= 15 is 0 Å². The smallest absolute Gasteiger partial charge is 0.0729 e. The number of benzene rings is 3. The predicted octanol–water partition coefficient (Wildman–Crippen LogP) is 6.45. The van der Waals surface area contributed by atoms with E-state index in [0.717, 1.165) is 15.7 Å². The third-order valence-corrected chi connectivity index (χ3v) is 5.18. The molecule has 5 rings (SSSR count). The van der Waals surface area contributed by atoms with E-state index in [1.807, 2.05) is 12.3 Å². The first kappa shape index (κ1) is 13.8. The maximum atomic E-state index is 4.57. The summed E-state index contributed by atoms with van der Waals surface area (Å²) in [6.07, 6.45) is 1.90. The van der Waals surface area contributed by atoms with E-state index in [1.54, 1.807) is 0 Å². The highest BCUT2D eigenvalue weighted by molar-refractivity contribution is 9.10. The highest BCUT2D eigenvalue weighted by Gasteiger charge is 2.26. The molecule has 1 aliphatic rings. The molecule has 24 heavy (non-hydrogen) atoms. The Morgan fingerprint density at radius 3 is 2.29 bits per heavy atom. The Balaban J connectivity index is 1.95. The molecule has 2 nitrogen and oxygen atoms in total. The van der Waals surface area contributed by atoms with E-state index in [0.29, 0.717) is 0 Å². The van der Waals surface area contributed by atoms with Gasteiger partial charge in [-0.3, -0.25) is 4.98 Å². The van der Waals surface area contributed by atoms with Crippen molar-refractivity contribution in [3.8, 4) is 11.1 Å². The molecule has 1 aliphatic heterocycles. The molecule has 0 spiro atoms. The van der Waals surface area contributed by atoms with E-state index in [2.05, 4.69) is 92.5 Å². The number of aromatic nitrogens is 1. The fourth-order valence-electron chi connectivity index (χ4n) is 3.52. The Kier molecular flexibility index (Phi) is 2.97. The molecule has 0 amide bonds. The monoisotopic (exact) mass is 372 g/mol. The average Bonchev–Trinajstić information content (AvgIpc) is 2.63. The maximum absolute atomic E-state index is 4.57. The molecule has 0 saturated heterocycles. The van der Waals surface area contributed by atoms with Crippen molar-refractivity contribution in [1.29, 1.82) is 0 Å². The van der Waals surface area contributed by atoms with Gasteiger partial charge >= 0.3 is 0 Å². The van der Waals surface area contributed by atoms with Crippen LogP contribution in [0, 0.1) is 0 Å². The van der Waals surface area contributed by atoms with Crippen LogP contribution in [-0.4, -0.2) is 4.98 Å². The van der Waals surface area contributed by atoms with Crippen LogP contribution >= 0.6 is 15.9 Å². The summed E-state index contributed by atoms with van der Waals surface area (Å²) in [6, 6.07) is 25.3. The van der Waals surface area contributed by atoms with Crippen LogP contribution in [0.15, 0.2) is 83.5 Å². The number of rotatable bonds is 1. The van der Waals surface area contributed by atoms with Crippen molar-refractivity contribution >= 4 is 43.9 Å². The molecule has 3 aromatic carbocycles. The molecule has 4 aromatic rings. The highest BCUT2D eigenvalue weighted by Crippen LogP contribution is 2.51. The summed E-state index contributed by atoms with van der Waals surface area (Å²) < 4.78 is 1.07. The van der Waals surface area contributed by atoms with Gasteiger partial charge in [-0.1, -0.05) is 36.4 Å². The van der Waals surface area contributed by atoms with Crippen LogP contribution in [0.4, 0.5) is 17.1 Å². The Morgan fingerprint density at radius 1 is 0.667 bits per heavy atom. The Hall–Kier alpha value is -2.65. The Bertz CT molecular complexity index is 1080. The number of para-hydroxylation sites is 2. The van der Waals surface area contributed by atoms with Crippen molar-refractivity contribution in [3.63, 3.8) is 0 Å². The lowest BCUT2D eigenvalue weighted by Gasteiger charge is -2.33. The largest absolute Gasteiger partial charge is 0.308 e. The number of fused-ring (bicyclic) bond motifs is 2. The van der Waals surface area contributed by atoms with Crippen molar-refractivity contribution in [2.24, 2.45) is 0 Å². The van der Waals surface area contributed by atoms with Gasteiger partial charge in [0.15, 0.2) is 0 Å². The molecule has 0 unspecified atom stereocenters. The van der Waals surface area contributed by atoms with E-state index < -0.39 is 0 Å². The molecule has 0 atom stereocenters. The number of halogens is 1. The van der Waals surface area contributed by atoms with Crippen molar-refractivity contribution in [2.45, 2.75) is 0 Å². The number of nitrogens with zero attached hydrogens (tertiary/aromatic N) is 2. The van der Waals surface area contributed by atoms with Gasteiger partial charge in [-0.25, -0.2) is 0 Å². The summed E-state index contributed by atoms with van der Waals surface area (Å²) in [5, 5.41) is 1.20. The van der Waals surface area contributed by atoms with Gasteiger partial charge in [-0.15, -0.1) is 0 Å². The molecule has 1 aromatic heterocycles. The number of pyridine rings is 1. The second-order valence-electron chi connectivity index (χ2n) is 5.83. The zero-order valence-electron chi connectivity index (χ0n) is 12.8. The first-order valence-corrected chi connectivity index (χ1v) is 8.66. The molecule has 0 saturated carbocycles. The lowest BCUT2D eigenvalue weighted by Crippen LogP contribution is -2.15. The minimum atomic E-state index is 1.02. The van der Waals surface area contributed by atoms with Crippen molar-refractivity contribution < 1.29 is 0 Å². The fraction of sp³-hybridized carbons (Fsp3) is 0. The Morgan fingerprint density at radius 2 is 1.42 bits per heavy atom. The predicted molar refractivity (Wildman–Crippen MR) is 103 cm³/mol. The molecule has 0 aliphatic carbocycles. The third kappa shape index (κ3) is 1.85. The summed E-state index contributed by atoms with van der Waals surface area (Å²) in [6.45, 7) is 0. The molecule has 0 fully saturated rings. The molecular formula is C21H13BrN2. The van der Waals surface area contributed by atoms with Crippen LogP contribution in [0.2, 0.25) is 0 Å². The van der Waals surface area contributed by atoms with Gasteiger partial charge in [0.2, 0.25) is 0 Å². The maximum Gasteiger partial charge on any atom is 0.0729 e. The number of hydrogen-bond acceptors (Lipinski definition) is 2. The molecular weight excluding hydrogens is 360 g/mol. The van der Waals surface area contributed by atoms with Crippen LogP contribution < -0.4 is 4.90 Å². The zero-order valence-corrected chi connectivity index (χ0v) is 14.4. The standard InChI is InChI=1S/C21H13BrN2/c22-16-7-2-4-10-19(16)24-18-9-3-1-6-14(18)15-12-13-23-17-8-5-11-20(24)21(15)17/h1-13H. The summed E-state index contributed by atoms with van der Waals surface area (Å²) >= 11 is 3.71. The zero-order chi connectivity index (χ0) is 16.1. The second-order valence-corrected chi connectivity index (χ2v) is 6.69. The molecule has 2 heterocycles. The van der Waals surface area contributed by atoms with Crippen LogP contribution in [0.3, 0.4) is 0 Å². The average molecular weight is 373 g/mol. The third-order valence-electron chi connectivity index (χ3n) is 4.51. The highest BCUT2D eigenvalue weighted by atomic mass is 79.9. The van der Waals surface area contributed by atoms with Gasteiger partial charge in [0.1, 0.15) is 0 Å². The van der Waals surface area contributed by atoms with E-state index in [1.165, 1.54) is 27.9 Å².